The van der Waals surface area contributed by atoms with Crippen LogP contribution in [0.5, 0.6) is 0 Å². The molecule has 2 aromatic rings. The molecule has 0 amide bonds. The molecule has 1 aromatic heterocycles. The third-order valence-electron chi connectivity index (χ3n) is 3.43. The number of rotatable bonds is 3. The highest BCUT2D eigenvalue weighted by Crippen LogP contribution is 2.36. The Hall–Kier alpha value is -1.19. The summed E-state index contributed by atoms with van der Waals surface area (Å²) in [5.74, 6) is 0. The number of fused-ring (bicyclic) bond motifs is 1. The maximum absolute atomic E-state index is 4.88. The van der Waals surface area contributed by atoms with E-state index in [0.29, 0.717) is 6.04 Å². The topological polar surface area (TPSA) is 24.9 Å². The minimum Gasteiger partial charge on any atom is -0.309 e. The molecular weight excluding hydrogens is 240 g/mol. The van der Waals surface area contributed by atoms with Gasteiger partial charge in [0.15, 0.2) is 0 Å². The number of benzene rings is 1. The normalized spacial score (nSPS) is 18.6. The van der Waals surface area contributed by atoms with Crippen molar-refractivity contribution >= 4 is 11.3 Å². The lowest BCUT2D eigenvalue weighted by atomic mass is 9.98. The van der Waals surface area contributed by atoms with Crippen LogP contribution in [0.25, 0.3) is 10.6 Å². The molecule has 18 heavy (non-hydrogen) atoms. The Morgan fingerprint density at radius 3 is 2.94 bits per heavy atom. The number of aryl methyl sites for hydroxylation is 1. The third kappa shape index (κ3) is 2.20. The predicted octanol–water partition coefficient (Wildman–Crippen LogP) is 3.80. The molecule has 94 valence electrons. The second-order valence-electron chi connectivity index (χ2n) is 4.70. The fraction of sp³-hybridized carbons (Fsp3) is 0.400. The summed E-state index contributed by atoms with van der Waals surface area (Å²) >= 11 is 1.87. The van der Waals surface area contributed by atoms with Crippen LogP contribution < -0.4 is 5.32 Å². The van der Waals surface area contributed by atoms with Crippen molar-refractivity contribution in [1.82, 2.24) is 10.3 Å². The molecule has 0 saturated heterocycles. The molecule has 1 aromatic carbocycles. The van der Waals surface area contributed by atoms with Crippen molar-refractivity contribution < 1.29 is 0 Å². The highest BCUT2D eigenvalue weighted by Gasteiger charge is 2.24. The van der Waals surface area contributed by atoms with Gasteiger partial charge in [-0.15, -0.1) is 11.3 Å². The maximum Gasteiger partial charge on any atom is 0.123 e. The molecule has 0 spiro atoms. The van der Waals surface area contributed by atoms with Gasteiger partial charge in [-0.3, -0.25) is 0 Å². The Morgan fingerprint density at radius 1 is 1.33 bits per heavy atom. The lowest BCUT2D eigenvalue weighted by molar-refractivity contribution is 0.465. The lowest BCUT2D eigenvalue weighted by Crippen LogP contribution is -2.24. The van der Waals surface area contributed by atoms with Crippen LogP contribution in [0.15, 0.2) is 30.3 Å². The summed E-state index contributed by atoms with van der Waals surface area (Å²) in [6, 6.07) is 11.0. The van der Waals surface area contributed by atoms with Crippen molar-refractivity contribution in [3.8, 4) is 10.6 Å². The van der Waals surface area contributed by atoms with Gasteiger partial charge < -0.3 is 5.32 Å². The maximum atomic E-state index is 4.88. The van der Waals surface area contributed by atoms with Crippen LogP contribution in [0.4, 0.5) is 0 Å². The molecule has 1 aliphatic carbocycles. The smallest absolute Gasteiger partial charge is 0.123 e. The summed E-state index contributed by atoms with van der Waals surface area (Å²) in [6.45, 7) is 3.18. The van der Waals surface area contributed by atoms with Gasteiger partial charge in [0.2, 0.25) is 0 Å². The first kappa shape index (κ1) is 11.9. The monoisotopic (exact) mass is 258 g/mol. The van der Waals surface area contributed by atoms with Crippen LogP contribution in [-0.4, -0.2) is 11.5 Å². The second kappa shape index (κ2) is 5.21. The van der Waals surface area contributed by atoms with Crippen molar-refractivity contribution in [2.24, 2.45) is 0 Å². The first-order valence-electron chi connectivity index (χ1n) is 6.67. The Balaban J connectivity index is 1.96. The van der Waals surface area contributed by atoms with E-state index in [0.717, 1.165) is 6.54 Å². The van der Waals surface area contributed by atoms with Crippen molar-refractivity contribution in [2.45, 2.75) is 32.2 Å². The molecule has 0 saturated carbocycles. The quantitative estimate of drug-likeness (QED) is 0.906. The average molecular weight is 258 g/mol. The van der Waals surface area contributed by atoms with Gasteiger partial charge in [-0.2, -0.15) is 0 Å². The number of thiazole rings is 1. The van der Waals surface area contributed by atoms with Gasteiger partial charge in [0.25, 0.3) is 0 Å². The van der Waals surface area contributed by atoms with E-state index in [1.165, 1.54) is 40.4 Å². The van der Waals surface area contributed by atoms with Crippen LogP contribution in [0.2, 0.25) is 0 Å². The Kier molecular flexibility index (Phi) is 3.43. The van der Waals surface area contributed by atoms with Gasteiger partial charge in [-0.1, -0.05) is 37.3 Å². The molecular formula is C15H18N2S. The largest absolute Gasteiger partial charge is 0.309 e. The standard InChI is InChI=1S/C15H18N2S/c1-2-16-12-9-6-10-13-14(12)17-15(18-13)11-7-4-3-5-8-11/h3-5,7-8,12,16H,2,6,9-10H2,1H3. The Bertz CT molecular complexity index is 519. The fourth-order valence-electron chi connectivity index (χ4n) is 2.57. The molecule has 0 fully saturated rings. The van der Waals surface area contributed by atoms with Crippen LogP contribution in [-0.2, 0) is 6.42 Å². The van der Waals surface area contributed by atoms with Crippen molar-refractivity contribution in [1.29, 1.82) is 0 Å². The first-order valence-corrected chi connectivity index (χ1v) is 7.48. The van der Waals surface area contributed by atoms with Crippen LogP contribution in [0.3, 0.4) is 0 Å². The summed E-state index contributed by atoms with van der Waals surface area (Å²) in [4.78, 5) is 6.35. The van der Waals surface area contributed by atoms with Gasteiger partial charge in [0.1, 0.15) is 5.01 Å². The molecule has 3 heteroatoms. The van der Waals surface area contributed by atoms with E-state index in [4.69, 9.17) is 4.98 Å². The van der Waals surface area contributed by atoms with Crippen molar-refractivity contribution in [2.75, 3.05) is 6.54 Å². The van der Waals surface area contributed by atoms with Gasteiger partial charge in [-0.25, -0.2) is 4.98 Å². The van der Waals surface area contributed by atoms with Crippen LogP contribution >= 0.6 is 11.3 Å². The predicted molar refractivity (Wildman–Crippen MR) is 76.9 cm³/mol. The highest BCUT2D eigenvalue weighted by molar-refractivity contribution is 7.15. The SMILES string of the molecule is CCNC1CCCc2sc(-c3ccccc3)nc21. The summed E-state index contributed by atoms with van der Waals surface area (Å²) in [7, 11) is 0. The molecule has 1 atom stereocenters. The molecule has 2 nitrogen and oxygen atoms in total. The molecule has 3 rings (SSSR count). The summed E-state index contributed by atoms with van der Waals surface area (Å²) < 4.78 is 0. The number of nitrogens with zero attached hydrogens (tertiary/aromatic N) is 1. The van der Waals surface area contributed by atoms with E-state index in [2.05, 4.69) is 42.6 Å². The van der Waals surface area contributed by atoms with E-state index in [9.17, 15) is 0 Å². The van der Waals surface area contributed by atoms with E-state index in [1.54, 1.807) is 0 Å². The van der Waals surface area contributed by atoms with Crippen molar-refractivity contribution in [3.05, 3.63) is 40.9 Å². The second-order valence-corrected chi connectivity index (χ2v) is 5.78. The molecule has 1 unspecified atom stereocenters. The summed E-state index contributed by atoms with van der Waals surface area (Å²) in [6.07, 6.45) is 3.70. The van der Waals surface area contributed by atoms with Crippen LogP contribution in [0, 0.1) is 0 Å². The molecule has 0 radical (unpaired) electrons. The Morgan fingerprint density at radius 2 is 2.17 bits per heavy atom. The van der Waals surface area contributed by atoms with Gasteiger partial charge >= 0.3 is 0 Å². The molecule has 1 N–H and O–H groups in total. The molecule has 1 aliphatic rings. The molecule has 1 heterocycles. The van der Waals surface area contributed by atoms with E-state index < -0.39 is 0 Å². The number of aromatic nitrogens is 1. The Labute approximate surface area is 112 Å². The zero-order valence-electron chi connectivity index (χ0n) is 10.6. The summed E-state index contributed by atoms with van der Waals surface area (Å²) in [5, 5.41) is 4.72. The molecule has 0 aliphatic heterocycles. The molecule has 0 bridgehead atoms. The van der Waals surface area contributed by atoms with Gasteiger partial charge in [-0.05, 0) is 25.8 Å². The zero-order valence-corrected chi connectivity index (χ0v) is 11.5. The van der Waals surface area contributed by atoms with E-state index in [-0.39, 0.29) is 0 Å². The number of hydrogen-bond donors (Lipinski definition) is 1. The summed E-state index contributed by atoms with van der Waals surface area (Å²) in [5.41, 5.74) is 2.54. The van der Waals surface area contributed by atoms with Crippen molar-refractivity contribution in [3.63, 3.8) is 0 Å². The fourth-order valence-corrected chi connectivity index (χ4v) is 3.74. The first-order chi connectivity index (χ1) is 8.88. The minimum absolute atomic E-state index is 0.465. The average Bonchev–Trinajstić information content (AvgIpc) is 2.85. The zero-order chi connectivity index (χ0) is 12.4. The van der Waals surface area contributed by atoms with Gasteiger partial charge in [0, 0.05) is 10.4 Å². The third-order valence-corrected chi connectivity index (χ3v) is 4.61. The number of hydrogen-bond acceptors (Lipinski definition) is 3. The van der Waals surface area contributed by atoms with Gasteiger partial charge in [0.05, 0.1) is 11.7 Å². The minimum atomic E-state index is 0.465. The van der Waals surface area contributed by atoms with E-state index in [1.807, 2.05) is 11.3 Å². The van der Waals surface area contributed by atoms with E-state index >= 15 is 0 Å². The number of nitrogens with one attached hydrogen (secondary N) is 1. The highest BCUT2D eigenvalue weighted by atomic mass is 32.1. The van der Waals surface area contributed by atoms with Crippen LogP contribution in [0.1, 0.15) is 36.4 Å². The lowest BCUT2D eigenvalue weighted by Gasteiger charge is -2.21.